The summed E-state index contributed by atoms with van der Waals surface area (Å²) in [6, 6.07) is 26.4. The zero-order chi connectivity index (χ0) is 33.5. The molecular weight excluding hydrogens is 561 g/mol. The Morgan fingerprint density at radius 1 is 0.378 bits per heavy atom. The molecule has 45 heavy (non-hydrogen) atoms. The third kappa shape index (κ3) is 6.53. The van der Waals surface area contributed by atoms with E-state index in [1.807, 2.05) is 11.3 Å². The molecule has 0 spiro atoms. The number of benzene rings is 4. The van der Waals surface area contributed by atoms with Crippen LogP contribution in [-0.2, 0) is 27.1 Å². The van der Waals surface area contributed by atoms with E-state index in [1.54, 1.807) is 0 Å². The zero-order valence-corrected chi connectivity index (χ0v) is 31.6. The lowest BCUT2D eigenvalue weighted by atomic mass is 9.75. The van der Waals surface area contributed by atoms with Crippen LogP contribution in [0.5, 0.6) is 0 Å². The molecule has 0 atom stereocenters. The van der Waals surface area contributed by atoms with Crippen molar-refractivity contribution in [2.75, 3.05) is 0 Å². The van der Waals surface area contributed by atoms with Crippen LogP contribution < -0.4 is 0 Å². The minimum absolute atomic E-state index is 0.0561. The van der Waals surface area contributed by atoms with Gasteiger partial charge < -0.3 is 0 Å². The van der Waals surface area contributed by atoms with Crippen LogP contribution in [0.3, 0.4) is 0 Å². The van der Waals surface area contributed by atoms with Gasteiger partial charge in [-0.2, -0.15) is 0 Å². The lowest BCUT2D eigenvalue weighted by molar-refractivity contribution is 0.568. The largest absolute Gasteiger partial charge is 0.135 e. The molecule has 0 amide bonds. The van der Waals surface area contributed by atoms with Crippen molar-refractivity contribution in [1.29, 1.82) is 0 Å². The molecule has 0 radical (unpaired) electrons. The standard InChI is InChI=1S/C44H56S/c1-40(2,3)29-21-27(22-30(25-29)41(4,5)6)33-17-16-18-35-37(33)38-36(45-35)20-19-34(39(38)44(13,14)15)28-23-31(42(7,8)9)26-32(24-28)43(10,11)12/h16-26H,1-15H3. The van der Waals surface area contributed by atoms with E-state index in [0.29, 0.717) is 0 Å². The molecule has 0 saturated heterocycles. The number of fused-ring (bicyclic) bond motifs is 3. The second-order valence-corrected chi connectivity index (χ2v) is 19.6. The van der Waals surface area contributed by atoms with Crippen molar-refractivity contribution in [3.63, 3.8) is 0 Å². The van der Waals surface area contributed by atoms with Gasteiger partial charge in [0, 0.05) is 20.2 Å². The maximum absolute atomic E-state index is 2.46. The van der Waals surface area contributed by atoms with Gasteiger partial charge in [-0.1, -0.05) is 158 Å². The predicted molar refractivity (Wildman–Crippen MR) is 204 cm³/mol. The van der Waals surface area contributed by atoms with Gasteiger partial charge in [-0.3, -0.25) is 0 Å². The Balaban J connectivity index is 1.93. The highest BCUT2D eigenvalue weighted by Crippen LogP contribution is 2.49. The summed E-state index contributed by atoms with van der Waals surface area (Å²) >= 11 is 1.94. The second kappa shape index (κ2) is 10.8. The van der Waals surface area contributed by atoms with Crippen LogP contribution in [0, 0.1) is 0 Å². The van der Waals surface area contributed by atoms with Crippen LogP contribution in [0.1, 0.15) is 132 Å². The van der Waals surface area contributed by atoms with Gasteiger partial charge in [0.15, 0.2) is 0 Å². The summed E-state index contributed by atoms with van der Waals surface area (Å²) in [6.45, 7) is 35.2. The molecule has 0 bridgehead atoms. The minimum atomic E-state index is -0.0561. The lowest BCUT2D eigenvalue weighted by Gasteiger charge is -2.29. The Labute approximate surface area is 278 Å². The van der Waals surface area contributed by atoms with Crippen molar-refractivity contribution in [2.24, 2.45) is 0 Å². The summed E-state index contributed by atoms with van der Waals surface area (Å²) in [7, 11) is 0. The molecule has 0 aliphatic heterocycles. The number of thiophene rings is 1. The van der Waals surface area contributed by atoms with Gasteiger partial charge in [-0.25, -0.2) is 0 Å². The highest BCUT2D eigenvalue weighted by atomic mass is 32.1. The summed E-state index contributed by atoms with van der Waals surface area (Å²) in [5.74, 6) is 0. The van der Waals surface area contributed by atoms with Gasteiger partial charge in [0.25, 0.3) is 0 Å². The molecule has 5 aromatic rings. The molecule has 0 aliphatic carbocycles. The minimum Gasteiger partial charge on any atom is -0.135 e. The number of hydrogen-bond donors (Lipinski definition) is 0. The Morgan fingerprint density at radius 3 is 1.18 bits per heavy atom. The zero-order valence-electron chi connectivity index (χ0n) is 30.8. The van der Waals surface area contributed by atoms with E-state index < -0.39 is 0 Å². The van der Waals surface area contributed by atoms with Crippen LogP contribution in [0.25, 0.3) is 42.4 Å². The van der Waals surface area contributed by atoms with Crippen LogP contribution in [-0.4, -0.2) is 0 Å². The van der Waals surface area contributed by atoms with Gasteiger partial charge in [0.2, 0.25) is 0 Å². The Hall–Kier alpha value is -2.90. The Morgan fingerprint density at radius 2 is 0.778 bits per heavy atom. The van der Waals surface area contributed by atoms with E-state index in [4.69, 9.17) is 0 Å². The first-order chi connectivity index (χ1) is 20.5. The first kappa shape index (κ1) is 33.5. The molecule has 0 saturated carbocycles. The van der Waals surface area contributed by atoms with Crippen LogP contribution in [0.2, 0.25) is 0 Å². The summed E-state index contributed by atoms with van der Waals surface area (Å²) < 4.78 is 2.74. The van der Waals surface area contributed by atoms with Crippen molar-refractivity contribution >= 4 is 31.5 Å². The fourth-order valence-electron chi connectivity index (χ4n) is 6.47. The van der Waals surface area contributed by atoms with Crippen molar-refractivity contribution < 1.29 is 0 Å². The van der Waals surface area contributed by atoms with E-state index in [0.717, 1.165) is 0 Å². The van der Waals surface area contributed by atoms with E-state index >= 15 is 0 Å². The SMILES string of the molecule is CC(C)(C)c1cc(-c2ccc3sc4cccc(-c5cc(C(C)(C)C)cc(C(C)(C)C)c5)c4c3c2C(C)(C)C)cc(C(C)(C)C)c1. The van der Waals surface area contributed by atoms with Gasteiger partial charge in [-0.15, -0.1) is 11.3 Å². The van der Waals surface area contributed by atoms with Crippen molar-refractivity contribution in [2.45, 2.75) is 131 Å². The molecule has 0 nitrogen and oxygen atoms in total. The van der Waals surface area contributed by atoms with Crippen LogP contribution >= 0.6 is 11.3 Å². The van der Waals surface area contributed by atoms with Crippen LogP contribution in [0.15, 0.2) is 66.7 Å². The number of hydrogen-bond acceptors (Lipinski definition) is 1. The molecule has 4 aromatic carbocycles. The fourth-order valence-corrected chi connectivity index (χ4v) is 7.61. The summed E-state index contributed by atoms with van der Waals surface area (Å²) in [6.07, 6.45) is 0. The van der Waals surface area contributed by atoms with Gasteiger partial charge >= 0.3 is 0 Å². The summed E-state index contributed by atoms with van der Waals surface area (Å²) in [5.41, 5.74) is 12.6. The third-order valence-corrected chi connectivity index (χ3v) is 10.5. The normalized spacial score (nSPS) is 13.7. The van der Waals surface area contributed by atoms with Gasteiger partial charge in [-0.05, 0) is 89.3 Å². The highest BCUT2D eigenvalue weighted by molar-refractivity contribution is 7.26. The maximum atomic E-state index is 2.46. The van der Waals surface area contributed by atoms with E-state index in [9.17, 15) is 0 Å². The molecule has 1 aromatic heterocycles. The topological polar surface area (TPSA) is 0 Å². The fraction of sp³-hybridized carbons (Fsp3) is 0.455. The smallest absolute Gasteiger partial charge is 0.0361 e. The summed E-state index contributed by atoms with van der Waals surface area (Å²) in [5, 5.41) is 2.82. The van der Waals surface area contributed by atoms with Crippen molar-refractivity contribution in [1.82, 2.24) is 0 Å². The van der Waals surface area contributed by atoms with Crippen molar-refractivity contribution in [3.8, 4) is 22.3 Å². The molecule has 0 aliphatic rings. The molecule has 1 heteroatoms. The molecule has 0 N–H and O–H groups in total. The quantitative estimate of drug-likeness (QED) is 0.185. The molecule has 238 valence electrons. The van der Waals surface area contributed by atoms with E-state index in [2.05, 4.69) is 171 Å². The Kier molecular flexibility index (Phi) is 8.06. The molecule has 5 rings (SSSR count). The Bertz CT molecular complexity index is 1830. The maximum Gasteiger partial charge on any atom is 0.0361 e. The van der Waals surface area contributed by atoms with E-state index in [1.165, 1.54) is 70.2 Å². The molecule has 0 unspecified atom stereocenters. The monoisotopic (exact) mass is 616 g/mol. The molecule has 1 heterocycles. The molecular formula is C44H56S. The average molecular weight is 617 g/mol. The first-order valence-corrected chi connectivity index (χ1v) is 17.6. The highest BCUT2D eigenvalue weighted by Gasteiger charge is 2.28. The predicted octanol–water partition coefficient (Wildman–Crippen LogP) is 13.9. The molecule has 0 fully saturated rings. The lowest BCUT2D eigenvalue weighted by Crippen LogP contribution is -2.17. The third-order valence-electron chi connectivity index (χ3n) is 9.37. The second-order valence-electron chi connectivity index (χ2n) is 18.5. The number of rotatable bonds is 2. The first-order valence-electron chi connectivity index (χ1n) is 16.8. The van der Waals surface area contributed by atoms with Crippen molar-refractivity contribution in [3.05, 3.63) is 94.5 Å². The van der Waals surface area contributed by atoms with Crippen LogP contribution in [0.4, 0.5) is 0 Å². The van der Waals surface area contributed by atoms with Gasteiger partial charge in [0.1, 0.15) is 0 Å². The average Bonchev–Trinajstić information content (AvgIpc) is 3.28. The van der Waals surface area contributed by atoms with E-state index in [-0.39, 0.29) is 27.1 Å². The van der Waals surface area contributed by atoms with Gasteiger partial charge in [0.05, 0.1) is 0 Å². The summed E-state index contributed by atoms with van der Waals surface area (Å²) in [4.78, 5) is 0.